The maximum Gasteiger partial charge on any atom is 0.264 e. The molecular weight excluding hydrogens is 262 g/mol. The summed E-state index contributed by atoms with van der Waals surface area (Å²) in [6, 6.07) is 11.7. The van der Waals surface area contributed by atoms with E-state index in [1.54, 1.807) is 24.3 Å². The van der Waals surface area contributed by atoms with Crippen molar-refractivity contribution in [1.82, 2.24) is 4.57 Å². The van der Waals surface area contributed by atoms with E-state index < -0.39 is 22.9 Å². The summed E-state index contributed by atoms with van der Waals surface area (Å²) in [6.45, 7) is 0. The molecule has 1 heterocycles. The van der Waals surface area contributed by atoms with Crippen LogP contribution in [0.3, 0.4) is 0 Å². The van der Waals surface area contributed by atoms with Gasteiger partial charge in [0.15, 0.2) is 0 Å². The van der Waals surface area contributed by atoms with Crippen LogP contribution in [0.2, 0.25) is 0 Å². The number of nitrogen functional groups attached to an aromatic ring is 1. The Bertz CT molecular complexity index is 851. The van der Waals surface area contributed by atoms with E-state index in [0.717, 1.165) is 16.7 Å². The normalized spacial score (nSPS) is 10.9. The highest BCUT2D eigenvalue weighted by atomic mass is 19.1. The number of aromatic nitrogens is 1. The average Bonchev–Trinajstić information content (AvgIpc) is 2.42. The molecule has 0 bridgehead atoms. The van der Waals surface area contributed by atoms with E-state index in [4.69, 9.17) is 5.73 Å². The molecule has 0 aliphatic carbocycles. The van der Waals surface area contributed by atoms with Gasteiger partial charge in [-0.05, 0) is 29.7 Å². The summed E-state index contributed by atoms with van der Waals surface area (Å²) < 4.78 is 28.5. The lowest BCUT2D eigenvalue weighted by atomic mass is 10.1. The lowest BCUT2D eigenvalue weighted by Gasteiger charge is -2.12. The first-order valence-electron chi connectivity index (χ1n) is 5.94. The summed E-state index contributed by atoms with van der Waals surface area (Å²) >= 11 is 0. The molecule has 3 rings (SSSR count). The van der Waals surface area contributed by atoms with Gasteiger partial charge >= 0.3 is 0 Å². The Kier molecular flexibility index (Phi) is 2.75. The molecule has 100 valence electrons. The topological polar surface area (TPSA) is 48.0 Å². The molecule has 3 nitrogen and oxygen atoms in total. The number of anilines is 1. The SMILES string of the molecule is Nc1cc2ccccc2c(=O)n1-c1c(F)cccc1F. The minimum absolute atomic E-state index is 0.0160. The van der Waals surface area contributed by atoms with E-state index in [0.29, 0.717) is 10.8 Å². The van der Waals surface area contributed by atoms with Crippen LogP contribution in [0.15, 0.2) is 53.3 Å². The second-order valence-corrected chi connectivity index (χ2v) is 4.37. The van der Waals surface area contributed by atoms with Crippen molar-refractivity contribution in [2.45, 2.75) is 0 Å². The van der Waals surface area contributed by atoms with Gasteiger partial charge in [-0.3, -0.25) is 9.36 Å². The van der Waals surface area contributed by atoms with Gasteiger partial charge in [0.2, 0.25) is 0 Å². The van der Waals surface area contributed by atoms with Crippen LogP contribution in [-0.4, -0.2) is 4.57 Å². The Morgan fingerprint density at radius 3 is 2.30 bits per heavy atom. The second kappa shape index (κ2) is 4.45. The van der Waals surface area contributed by atoms with Gasteiger partial charge in [-0.2, -0.15) is 0 Å². The molecule has 0 aliphatic rings. The number of nitrogens with zero attached hydrogens (tertiary/aromatic N) is 1. The van der Waals surface area contributed by atoms with E-state index in [-0.39, 0.29) is 5.82 Å². The fourth-order valence-electron chi connectivity index (χ4n) is 2.21. The first-order valence-corrected chi connectivity index (χ1v) is 5.94. The largest absolute Gasteiger partial charge is 0.385 e. The number of hydrogen-bond acceptors (Lipinski definition) is 2. The van der Waals surface area contributed by atoms with E-state index in [2.05, 4.69) is 0 Å². The number of halogens is 2. The van der Waals surface area contributed by atoms with Crippen LogP contribution in [0.5, 0.6) is 0 Å². The van der Waals surface area contributed by atoms with Crippen molar-refractivity contribution in [3.63, 3.8) is 0 Å². The zero-order valence-electron chi connectivity index (χ0n) is 10.3. The molecule has 0 atom stereocenters. The maximum absolute atomic E-state index is 13.8. The predicted molar refractivity (Wildman–Crippen MR) is 73.9 cm³/mol. The molecule has 20 heavy (non-hydrogen) atoms. The Hall–Kier alpha value is -2.69. The number of fused-ring (bicyclic) bond motifs is 1. The van der Waals surface area contributed by atoms with Gasteiger partial charge < -0.3 is 5.73 Å². The van der Waals surface area contributed by atoms with Crippen LogP contribution in [0.4, 0.5) is 14.6 Å². The standard InChI is InChI=1S/C15H10F2N2O/c16-11-6-3-7-12(17)14(11)19-13(18)8-9-4-1-2-5-10(9)15(19)20/h1-8H,18H2. The molecular formula is C15H10F2N2O. The van der Waals surface area contributed by atoms with Gasteiger partial charge in [0.25, 0.3) is 5.56 Å². The van der Waals surface area contributed by atoms with Crippen molar-refractivity contribution in [3.05, 3.63) is 70.5 Å². The quantitative estimate of drug-likeness (QED) is 0.740. The summed E-state index contributed by atoms with van der Waals surface area (Å²) in [5.41, 5.74) is 4.78. The van der Waals surface area contributed by atoms with Crippen LogP contribution < -0.4 is 11.3 Å². The number of hydrogen-bond donors (Lipinski definition) is 1. The third kappa shape index (κ3) is 1.75. The van der Waals surface area contributed by atoms with Crippen LogP contribution in [0.25, 0.3) is 16.5 Å². The molecule has 2 aromatic carbocycles. The van der Waals surface area contributed by atoms with Crippen molar-refractivity contribution in [2.24, 2.45) is 0 Å². The Labute approximate surface area is 112 Å². The van der Waals surface area contributed by atoms with Gasteiger partial charge in [0, 0.05) is 5.39 Å². The van der Waals surface area contributed by atoms with Crippen LogP contribution in [0.1, 0.15) is 0 Å². The highest BCUT2D eigenvalue weighted by Crippen LogP contribution is 2.21. The lowest BCUT2D eigenvalue weighted by molar-refractivity contribution is 0.568. The molecule has 0 aliphatic heterocycles. The van der Waals surface area contributed by atoms with E-state index in [1.165, 1.54) is 12.1 Å². The molecule has 0 spiro atoms. The van der Waals surface area contributed by atoms with Gasteiger partial charge in [-0.15, -0.1) is 0 Å². The van der Waals surface area contributed by atoms with Gasteiger partial charge in [0.1, 0.15) is 23.1 Å². The fourth-order valence-corrected chi connectivity index (χ4v) is 2.21. The highest BCUT2D eigenvalue weighted by molar-refractivity contribution is 5.84. The summed E-state index contributed by atoms with van der Waals surface area (Å²) in [6.07, 6.45) is 0. The zero-order valence-corrected chi connectivity index (χ0v) is 10.3. The summed E-state index contributed by atoms with van der Waals surface area (Å²) in [5.74, 6) is -1.69. The summed E-state index contributed by atoms with van der Waals surface area (Å²) in [7, 11) is 0. The summed E-state index contributed by atoms with van der Waals surface area (Å²) in [4.78, 5) is 12.4. The number of benzene rings is 2. The predicted octanol–water partition coefficient (Wildman–Crippen LogP) is 2.85. The first-order chi connectivity index (χ1) is 9.59. The van der Waals surface area contributed by atoms with Crippen molar-refractivity contribution in [2.75, 3.05) is 5.73 Å². The van der Waals surface area contributed by atoms with Crippen molar-refractivity contribution < 1.29 is 8.78 Å². The van der Waals surface area contributed by atoms with E-state index in [9.17, 15) is 13.6 Å². The number of rotatable bonds is 1. The van der Waals surface area contributed by atoms with Crippen LogP contribution in [0, 0.1) is 11.6 Å². The Morgan fingerprint density at radius 2 is 1.60 bits per heavy atom. The molecule has 0 amide bonds. The third-order valence-electron chi connectivity index (χ3n) is 3.12. The molecule has 0 fully saturated rings. The molecule has 0 unspecified atom stereocenters. The van der Waals surface area contributed by atoms with Gasteiger partial charge in [-0.25, -0.2) is 8.78 Å². The third-order valence-corrected chi connectivity index (χ3v) is 3.12. The smallest absolute Gasteiger partial charge is 0.264 e. The minimum atomic E-state index is -0.839. The van der Waals surface area contributed by atoms with Crippen LogP contribution in [-0.2, 0) is 0 Å². The van der Waals surface area contributed by atoms with Crippen molar-refractivity contribution in [1.29, 1.82) is 0 Å². The first kappa shape index (κ1) is 12.3. The molecule has 0 saturated carbocycles. The average molecular weight is 272 g/mol. The molecule has 2 N–H and O–H groups in total. The Balaban J connectivity index is 2.46. The molecule has 0 radical (unpaired) electrons. The van der Waals surface area contributed by atoms with Crippen molar-refractivity contribution in [3.8, 4) is 5.69 Å². The number of pyridine rings is 1. The fraction of sp³-hybridized carbons (Fsp3) is 0. The molecule has 3 aromatic rings. The summed E-state index contributed by atoms with van der Waals surface area (Å²) in [5, 5.41) is 0.979. The van der Waals surface area contributed by atoms with Crippen molar-refractivity contribution >= 4 is 16.6 Å². The van der Waals surface area contributed by atoms with E-state index >= 15 is 0 Å². The molecule has 0 saturated heterocycles. The molecule has 5 heteroatoms. The molecule has 1 aromatic heterocycles. The van der Waals surface area contributed by atoms with Gasteiger partial charge in [-0.1, -0.05) is 24.3 Å². The lowest BCUT2D eigenvalue weighted by Crippen LogP contribution is -2.23. The maximum atomic E-state index is 13.8. The van der Waals surface area contributed by atoms with E-state index in [1.807, 2.05) is 0 Å². The number of para-hydroxylation sites is 1. The van der Waals surface area contributed by atoms with Crippen LogP contribution >= 0.6 is 0 Å². The zero-order chi connectivity index (χ0) is 14.3. The highest BCUT2D eigenvalue weighted by Gasteiger charge is 2.16. The van der Waals surface area contributed by atoms with Gasteiger partial charge in [0.05, 0.1) is 0 Å². The monoisotopic (exact) mass is 272 g/mol. The number of nitrogens with two attached hydrogens (primary N) is 1. The minimum Gasteiger partial charge on any atom is -0.385 e. The Morgan fingerprint density at radius 1 is 0.950 bits per heavy atom. The second-order valence-electron chi connectivity index (χ2n) is 4.37.